The number of carbonyl (C=O) groups is 2. The van der Waals surface area contributed by atoms with Crippen molar-refractivity contribution in [2.24, 2.45) is 0 Å². The van der Waals surface area contributed by atoms with E-state index >= 15 is 0 Å². The first-order valence-electron chi connectivity index (χ1n) is 7.98. The SMILES string of the molecule is Cc1noc(C)c1CCC(=O)N1CCCC1C(=O)Nc1nccs1. The van der Waals surface area contributed by atoms with Crippen LogP contribution >= 0.6 is 11.3 Å². The molecule has 1 aliphatic heterocycles. The molecule has 3 heterocycles. The van der Waals surface area contributed by atoms with Crippen molar-refractivity contribution in [2.45, 2.75) is 45.6 Å². The standard InChI is InChI=1S/C16H20N4O3S/c1-10-12(11(2)23-19-10)5-6-14(21)20-8-3-4-13(20)15(22)18-16-17-7-9-24-16/h7,9,13H,3-6,8H2,1-2H3,(H,17,18,22). The average Bonchev–Trinajstić information content (AvgIpc) is 3.28. The lowest BCUT2D eigenvalue weighted by Gasteiger charge is -2.23. The Morgan fingerprint density at radius 3 is 2.96 bits per heavy atom. The van der Waals surface area contributed by atoms with Crippen LogP contribution in [-0.2, 0) is 16.0 Å². The summed E-state index contributed by atoms with van der Waals surface area (Å²) in [5.41, 5.74) is 1.80. The molecule has 2 aromatic heterocycles. The second-order valence-corrected chi connectivity index (χ2v) is 6.77. The smallest absolute Gasteiger partial charge is 0.248 e. The second-order valence-electron chi connectivity index (χ2n) is 5.87. The Bertz CT molecular complexity index is 706. The molecule has 1 atom stereocenters. The first-order valence-corrected chi connectivity index (χ1v) is 8.86. The predicted molar refractivity (Wildman–Crippen MR) is 89.8 cm³/mol. The van der Waals surface area contributed by atoms with Crippen molar-refractivity contribution < 1.29 is 14.1 Å². The fourth-order valence-corrected chi connectivity index (χ4v) is 3.58. The van der Waals surface area contributed by atoms with Gasteiger partial charge in [0, 0.05) is 30.1 Å². The number of hydrogen-bond donors (Lipinski definition) is 1. The molecule has 7 nitrogen and oxygen atoms in total. The van der Waals surface area contributed by atoms with Crippen molar-refractivity contribution in [3.05, 3.63) is 28.6 Å². The molecule has 2 amide bonds. The predicted octanol–water partition coefficient (Wildman–Crippen LogP) is 2.31. The molecule has 1 N–H and O–H groups in total. The molecule has 3 rings (SSSR count). The summed E-state index contributed by atoms with van der Waals surface area (Å²) in [7, 11) is 0. The summed E-state index contributed by atoms with van der Waals surface area (Å²) < 4.78 is 5.13. The van der Waals surface area contributed by atoms with E-state index in [1.807, 2.05) is 13.8 Å². The van der Waals surface area contributed by atoms with Gasteiger partial charge in [0.1, 0.15) is 11.8 Å². The number of aryl methyl sites for hydroxylation is 2. The van der Waals surface area contributed by atoms with Gasteiger partial charge in [0.2, 0.25) is 11.8 Å². The minimum atomic E-state index is -0.411. The van der Waals surface area contributed by atoms with Crippen LogP contribution in [0.1, 0.15) is 36.3 Å². The van der Waals surface area contributed by atoms with Crippen LogP contribution in [0.4, 0.5) is 5.13 Å². The fraction of sp³-hybridized carbons (Fsp3) is 0.500. The number of amides is 2. The number of carbonyl (C=O) groups excluding carboxylic acids is 2. The van der Waals surface area contributed by atoms with Gasteiger partial charge in [-0.1, -0.05) is 5.16 Å². The first kappa shape index (κ1) is 16.6. The van der Waals surface area contributed by atoms with Crippen molar-refractivity contribution >= 4 is 28.3 Å². The molecule has 128 valence electrons. The normalized spacial score (nSPS) is 17.2. The van der Waals surface area contributed by atoms with Gasteiger partial charge in [-0.25, -0.2) is 4.98 Å². The van der Waals surface area contributed by atoms with Gasteiger partial charge in [0.15, 0.2) is 5.13 Å². The maximum atomic E-state index is 12.6. The fourth-order valence-electron chi connectivity index (χ4n) is 3.05. The summed E-state index contributed by atoms with van der Waals surface area (Å²) >= 11 is 1.37. The minimum Gasteiger partial charge on any atom is -0.361 e. The summed E-state index contributed by atoms with van der Waals surface area (Å²) in [6, 6.07) is -0.411. The molecule has 24 heavy (non-hydrogen) atoms. The van der Waals surface area contributed by atoms with Crippen molar-refractivity contribution in [3.63, 3.8) is 0 Å². The van der Waals surface area contributed by atoms with E-state index in [2.05, 4.69) is 15.5 Å². The number of likely N-dealkylation sites (tertiary alicyclic amines) is 1. The maximum Gasteiger partial charge on any atom is 0.248 e. The van der Waals surface area contributed by atoms with Gasteiger partial charge < -0.3 is 14.7 Å². The summed E-state index contributed by atoms with van der Waals surface area (Å²) in [5, 5.41) is 9.06. The zero-order valence-corrected chi connectivity index (χ0v) is 14.6. The van der Waals surface area contributed by atoms with E-state index < -0.39 is 6.04 Å². The largest absolute Gasteiger partial charge is 0.361 e. The summed E-state index contributed by atoms with van der Waals surface area (Å²) in [4.78, 5) is 30.7. The van der Waals surface area contributed by atoms with Crippen LogP contribution in [0.3, 0.4) is 0 Å². The van der Waals surface area contributed by atoms with Gasteiger partial charge in [-0.05, 0) is 33.1 Å². The van der Waals surface area contributed by atoms with Crippen LogP contribution in [0.2, 0.25) is 0 Å². The number of aromatic nitrogens is 2. The highest BCUT2D eigenvalue weighted by Gasteiger charge is 2.34. The van der Waals surface area contributed by atoms with E-state index in [4.69, 9.17) is 4.52 Å². The molecule has 0 aliphatic carbocycles. The Morgan fingerprint density at radius 1 is 1.46 bits per heavy atom. The molecule has 2 aromatic rings. The number of anilines is 1. The van der Waals surface area contributed by atoms with Gasteiger partial charge in [-0.3, -0.25) is 9.59 Å². The summed E-state index contributed by atoms with van der Waals surface area (Å²) in [5.74, 6) is 0.583. The highest BCUT2D eigenvalue weighted by Crippen LogP contribution is 2.22. The number of nitrogens with one attached hydrogen (secondary N) is 1. The molecule has 1 saturated heterocycles. The zero-order valence-electron chi connectivity index (χ0n) is 13.7. The molecule has 1 aliphatic rings. The second kappa shape index (κ2) is 7.12. The number of rotatable bonds is 5. The molecular weight excluding hydrogens is 328 g/mol. The molecule has 0 saturated carbocycles. The molecule has 1 unspecified atom stereocenters. The Morgan fingerprint density at radius 2 is 2.29 bits per heavy atom. The zero-order chi connectivity index (χ0) is 17.1. The van der Waals surface area contributed by atoms with Crippen molar-refractivity contribution in [2.75, 3.05) is 11.9 Å². The summed E-state index contributed by atoms with van der Waals surface area (Å²) in [6.45, 7) is 4.34. The van der Waals surface area contributed by atoms with E-state index in [0.29, 0.717) is 30.9 Å². The maximum absolute atomic E-state index is 12.6. The van der Waals surface area contributed by atoms with Crippen LogP contribution < -0.4 is 5.32 Å². The molecular formula is C16H20N4O3S. The van der Waals surface area contributed by atoms with Gasteiger partial charge in [0.05, 0.1) is 5.69 Å². The van der Waals surface area contributed by atoms with Crippen LogP contribution in [-0.4, -0.2) is 39.4 Å². The minimum absolute atomic E-state index is 0.00760. The topological polar surface area (TPSA) is 88.3 Å². The van der Waals surface area contributed by atoms with E-state index in [1.165, 1.54) is 11.3 Å². The summed E-state index contributed by atoms with van der Waals surface area (Å²) in [6.07, 6.45) is 4.10. The lowest BCUT2D eigenvalue weighted by molar-refractivity contribution is -0.136. The Hall–Kier alpha value is -2.22. The van der Waals surface area contributed by atoms with Gasteiger partial charge in [-0.15, -0.1) is 11.3 Å². The van der Waals surface area contributed by atoms with Crippen LogP contribution in [0.25, 0.3) is 0 Å². The number of thiazole rings is 1. The Balaban J connectivity index is 1.60. The molecule has 1 fully saturated rings. The third kappa shape index (κ3) is 3.48. The third-order valence-corrected chi connectivity index (χ3v) is 5.00. The van der Waals surface area contributed by atoms with E-state index in [1.54, 1.807) is 16.5 Å². The average molecular weight is 348 g/mol. The molecule has 8 heteroatoms. The monoisotopic (exact) mass is 348 g/mol. The van der Waals surface area contributed by atoms with E-state index in [0.717, 1.165) is 23.4 Å². The quantitative estimate of drug-likeness (QED) is 0.896. The van der Waals surface area contributed by atoms with Crippen LogP contribution in [0, 0.1) is 13.8 Å². The molecule has 0 spiro atoms. The lowest BCUT2D eigenvalue weighted by Crippen LogP contribution is -2.43. The molecule has 0 radical (unpaired) electrons. The van der Waals surface area contributed by atoms with Crippen LogP contribution in [0.15, 0.2) is 16.1 Å². The van der Waals surface area contributed by atoms with E-state index in [-0.39, 0.29) is 11.8 Å². The molecule has 0 aromatic carbocycles. The van der Waals surface area contributed by atoms with Crippen LogP contribution in [0.5, 0.6) is 0 Å². The number of hydrogen-bond acceptors (Lipinski definition) is 6. The van der Waals surface area contributed by atoms with Gasteiger partial charge >= 0.3 is 0 Å². The highest BCUT2D eigenvalue weighted by atomic mass is 32.1. The van der Waals surface area contributed by atoms with Crippen molar-refractivity contribution in [1.82, 2.24) is 15.0 Å². The Kier molecular flexibility index (Phi) is 4.94. The first-order chi connectivity index (χ1) is 11.6. The van der Waals surface area contributed by atoms with Gasteiger partial charge in [-0.2, -0.15) is 0 Å². The highest BCUT2D eigenvalue weighted by molar-refractivity contribution is 7.13. The third-order valence-electron chi connectivity index (χ3n) is 4.31. The Labute approximate surface area is 144 Å². The number of nitrogens with zero attached hydrogens (tertiary/aromatic N) is 3. The van der Waals surface area contributed by atoms with Gasteiger partial charge in [0.25, 0.3) is 0 Å². The van der Waals surface area contributed by atoms with E-state index in [9.17, 15) is 9.59 Å². The molecule has 0 bridgehead atoms. The van der Waals surface area contributed by atoms with Crippen molar-refractivity contribution in [1.29, 1.82) is 0 Å². The van der Waals surface area contributed by atoms with Crippen molar-refractivity contribution in [3.8, 4) is 0 Å². The lowest BCUT2D eigenvalue weighted by atomic mass is 10.1.